The van der Waals surface area contributed by atoms with Gasteiger partial charge in [0.25, 0.3) is 0 Å². The van der Waals surface area contributed by atoms with Gasteiger partial charge in [-0.15, -0.1) is 0 Å². The first kappa shape index (κ1) is 17.2. The van der Waals surface area contributed by atoms with Crippen molar-refractivity contribution in [3.63, 3.8) is 0 Å². The molecule has 1 heterocycles. The van der Waals surface area contributed by atoms with Gasteiger partial charge in [0, 0.05) is 40.0 Å². The van der Waals surface area contributed by atoms with E-state index in [-0.39, 0.29) is 0 Å². The summed E-state index contributed by atoms with van der Waals surface area (Å²) in [6.45, 7) is 10.1. The minimum Gasteiger partial charge on any atom is -0.381 e. The average molecular weight is 285 g/mol. The van der Waals surface area contributed by atoms with Crippen LogP contribution in [0.3, 0.4) is 0 Å². The van der Waals surface area contributed by atoms with Gasteiger partial charge < -0.3 is 19.7 Å². The fourth-order valence-corrected chi connectivity index (χ4v) is 2.35. The number of aliphatic imine (C=N–C) groups is 1. The van der Waals surface area contributed by atoms with E-state index >= 15 is 0 Å². The summed E-state index contributed by atoms with van der Waals surface area (Å²) in [6, 6.07) is 0. The first-order valence-corrected chi connectivity index (χ1v) is 7.92. The summed E-state index contributed by atoms with van der Waals surface area (Å²) in [5, 5.41) is 3.34. The van der Waals surface area contributed by atoms with Crippen molar-refractivity contribution in [1.29, 1.82) is 0 Å². The number of ether oxygens (including phenoxy) is 2. The summed E-state index contributed by atoms with van der Waals surface area (Å²) in [5.74, 6) is 1.79. The second-order valence-corrected chi connectivity index (χ2v) is 5.20. The molecule has 0 saturated carbocycles. The highest BCUT2D eigenvalue weighted by atomic mass is 16.5. The minimum atomic E-state index is 0.694. The Hall–Kier alpha value is -0.810. The zero-order valence-electron chi connectivity index (χ0n) is 13.4. The molecule has 0 aromatic heterocycles. The third kappa shape index (κ3) is 7.10. The summed E-state index contributed by atoms with van der Waals surface area (Å²) in [6.07, 6.45) is 3.62. The second-order valence-electron chi connectivity index (χ2n) is 5.20. The second kappa shape index (κ2) is 10.9. The van der Waals surface area contributed by atoms with Crippen LogP contribution in [0, 0.1) is 5.92 Å². The lowest BCUT2D eigenvalue weighted by Crippen LogP contribution is -2.40. The van der Waals surface area contributed by atoms with E-state index in [9.17, 15) is 0 Å². The molecule has 1 fully saturated rings. The van der Waals surface area contributed by atoms with E-state index in [1.54, 1.807) is 0 Å². The topological polar surface area (TPSA) is 46.1 Å². The molecule has 20 heavy (non-hydrogen) atoms. The Morgan fingerprint density at radius 1 is 1.35 bits per heavy atom. The van der Waals surface area contributed by atoms with Crippen LogP contribution in [0.15, 0.2) is 4.99 Å². The highest BCUT2D eigenvalue weighted by molar-refractivity contribution is 5.79. The molecule has 118 valence electrons. The number of guanidine groups is 1. The predicted octanol–water partition coefficient (Wildman–Crippen LogP) is 1.74. The molecule has 1 N–H and O–H groups in total. The third-order valence-corrected chi connectivity index (χ3v) is 3.61. The number of hydrogen-bond donors (Lipinski definition) is 1. The molecule has 0 aromatic carbocycles. The Morgan fingerprint density at radius 2 is 2.10 bits per heavy atom. The molecule has 0 spiro atoms. The van der Waals surface area contributed by atoms with E-state index < -0.39 is 0 Å². The van der Waals surface area contributed by atoms with Gasteiger partial charge in [0.2, 0.25) is 0 Å². The zero-order chi connectivity index (χ0) is 14.6. The summed E-state index contributed by atoms with van der Waals surface area (Å²) < 4.78 is 10.7. The third-order valence-electron chi connectivity index (χ3n) is 3.61. The van der Waals surface area contributed by atoms with Crippen molar-refractivity contribution < 1.29 is 9.47 Å². The van der Waals surface area contributed by atoms with Gasteiger partial charge in [-0.2, -0.15) is 0 Å². The number of nitrogens with zero attached hydrogens (tertiary/aromatic N) is 2. The highest BCUT2D eigenvalue weighted by Crippen LogP contribution is 2.18. The van der Waals surface area contributed by atoms with Crippen LogP contribution in [0.5, 0.6) is 0 Å². The van der Waals surface area contributed by atoms with Crippen molar-refractivity contribution in [1.82, 2.24) is 10.2 Å². The van der Waals surface area contributed by atoms with Crippen LogP contribution in [0.4, 0.5) is 0 Å². The van der Waals surface area contributed by atoms with Crippen LogP contribution in [0.25, 0.3) is 0 Å². The molecule has 1 aliphatic heterocycles. The molecule has 1 aliphatic rings. The van der Waals surface area contributed by atoms with Crippen molar-refractivity contribution in [2.24, 2.45) is 10.9 Å². The standard InChI is InChI=1S/C15H31N3O2/c1-4-16-15(17-9-13-19-5-2)18(3)10-6-14-7-11-20-12-8-14/h14H,4-13H2,1-3H3,(H,16,17). The molecule has 0 bridgehead atoms. The van der Waals surface area contributed by atoms with Crippen LogP contribution < -0.4 is 5.32 Å². The van der Waals surface area contributed by atoms with Crippen molar-refractivity contribution in [2.45, 2.75) is 33.1 Å². The molecule has 1 rings (SSSR count). The van der Waals surface area contributed by atoms with E-state index in [4.69, 9.17) is 9.47 Å². The van der Waals surface area contributed by atoms with E-state index in [0.717, 1.165) is 51.3 Å². The quantitative estimate of drug-likeness (QED) is 0.419. The molecule has 5 nitrogen and oxygen atoms in total. The first-order chi connectivity index (χ1) is 9.77. The van der Waals surface area contributed by atoms with Crippen LogP contribution in [-0.2, 0) is 9.47 Å². The average Bonchev–Trinajstić information content (AvgIpc) is 2.49. The molecule has 0 aliphatic carbocycles. The number of rotatable bonds is 8. The monoisotopic (exact) mass is 285 g/mol. The van der Waals surface area contributed by atoms with Gasteiger partial charge >= 0.3 is 0 Å². The Balaban J connectivity index is 2.31. The Labute approximate surface area is 123 Å². The lowest BCUT2D eigenvalue weighted by molar-refractivity contribution is 0.0625. The molecule has 0 atom stereocenters. The van der Waals surface area contributed by atoms with Gasteiger partial charge in [-0.1, -0.05) is 0 Å². The Bertz CT molecular complexity index is 266. The van der Waals surface area contributed by atoms with E-state index in [2.05, 4.69) is 29.2 Å². The smallest absolute Gasteiger partial charge is 0.193 e. The maximum absolute atomic E-state index is 5.41. The maximum atomic E-state index is 5.41. The molecule has 5 heteroatoms. The number of hydrogen-bond acceptors (Lipinski definition) is 3. The Kier molecular flexibility index (Phi) is 9.41. The zero-order valence-corrected chi connectivity index (χ0v) is 13.4. The van der Waals surface area contributed by atoms with Gasteiger partial charge in [-0.05, 0) is 39.0 Å². The van der Waals surface area contributed by atoms with E-state index in [0.29, 0.717) is 6.61 Å². The van der Waals surface area contributed by atoms with Gasteiger partial charge in [-0.3, -0.25) is 4.99 Å². The molecule has 1 saturated heterocycles. The summed E-state index contributed by atoms with van der Waals surface area (Å²) in [4.78, 5) is 6.82. The van der Waals surface area contributed by atoms with Crippen molar-refractivity contribution in [3.8, 4) is 0 Å². The van der Waals surface area contributed by atoms with E-state index in [1.807, 2.05) is 6.92 Å². The van der Waals surface area contributed by atoms with E-state index in [1.165, 1.54) is 19.3 Å². The lowest BCUT2D eigenvalue weighted by Gasteiger charge is -2.26. The van der Waals surface area contributed by atoms with Crippen molar-refractivity contribution in [3.05, 3.63) is 0 Å². The van der Waals surface area contributed by atoms with Crippen LogP contribution in [0.1, 0.15) is 33.1 Å². The SMILES string of the molecule is CCNC(=NCCOCC)N(C)CCC1CCOCC1. The molecular weight excluding hydrogens is 254 g/mol. The highest BCUT2D eigenvalue weighted by Gasteiger charge is 2.15. The Morgan fingerprint density at radius 3 is 2.75 bits per heavy atom. The lowest BCUT2D eigenvalue weighted by atomic mass is 9.96. The fourth-order valence-electron chi connectivity index (χ4n) is 2.35. The molecule has 0 radical (unpaired) electrons. The normalized spacial score (nSPS) is 17.2. The van der Waals surface area contributed by atoms with Crippen molar-refractivity contribution >= 4 is 5.96 Å². The van der Waals surface area contributed by atoms with Crippen LogP contribution in [0.2, 0.25) is 0 Å². The predicted molar refractivity (Wildman–Crippen MR) is 83.3 cm³/mol. The van der Waals surface area contributed by atoms with Gasteiger partial charge in [-0.25, -0.2) is 0 Å². The minimum absolute atomic E-state index is 0.694. The molecular formula is C15H31N3O2. The summed E-state index contributed by atoms with van der Waals surface area (Å²) in [5.41, 5.74) is 0. The number of nitrogens with one attached hydrogen (secondary N) is 1. The van der Waals surface area contributed by atoms with Gasteiger partial charge in [0.05, 0.1) is 13.2 Å². The van der Waals surface area contributed by atoms with Gasteiger partial charge in [0.1, 0.15) is 0 Å². The first-order valence-electron chi connectivity index (χ1n) is 7.92. The molecule has 0 aromatic rings. The maximum Gasteiger partial charge on any atom is 0.193 e. The van der Waals surface area contributed by atoms with Gasteiger partial charge in [0.15, 0.2) is 5.96 Å². The molecule has 0 unspecified atom stereocenters. The fraction of sp³-hybridized carbons (Fsp3) is 0.933. The van der Waals surface area contributed by atoms with Crippen LogP contribution >= 0.6 is 0 Å². The largest absolute Gasteiger partial charge is 0.381 e. The molecule has 0 amide bonds. The van der Waals surface area contributed by atoms with Crippen molar-refractivity contribution in [2.75, 3.05) is 53.1 Å². The summed E-state index contributed by atoms with van der Waals surface area (Å²) in [7, 11) is 2.11. The summed E-state index contributed by atoms with van der Waals surface area (Å²) >= 11 is 0. The van der Waals surface area contributed by atoms with Crippen LogP contribution in [-0.4, -0.2) is 64.0 Å².